The van der Waals surface area contributed by atoms with Crippen LogP contribution in [0.25, 0.3) is 0 Å². The Bertz CT molecular complexity index is 896. The highest BCUT2D eigenvalue weighted by molar-refractivity contribution is 6.35. The molecule has 30 heavy (non-hydrogen) atoms. The van der Waals surface area contributed by atoms with Gasteiger partial charge in [0.05, 0.1) is 6.21 Å². The fraction of sp³-hybridized carbons (Fsp3) is 0.238. The molecule has 0 radical (unpaired) electrons. The molecule has 2 aromatic rings. The molecule has 0 aliphatic carbocycles. The van der Waals surface area contributed by atoms with Crippen LogP contribution in [0.2, 0.25) is 5.02 Å². The SMILES string of the molecule is CC(C)NC(=O)COc1ccc(/C=N/NC(=O)C(=O)NCc2ccc(Cl)cc2)cc1. The first-order chi connectivity index (χ1) is 14.3. The van der Waals surface area contributed by atoms with Crippen LogP contribution in [-0.4, -0.2) is 36.6 Å². The molecule has 0 aromatic heterocycles. The first-order valence-corrected chi connectivity index (χ1v) is 9.59. The first-order valence-electron chi connectivity index (χ1n) is 9.21. The van der Waals surface area contributed by atoms with Crippen LogP contribution in [0, 0.1) is 0 Å². The normalized spacial score (nSPS) is 10.7. The zero-order valence-electron chi connectivity index (χ0n) is 16.6. The minimum atomic E-state index is -0.878. The molecule has 2 aromatic carbocycles. The summed E-state index contributed by atoms with van der Waals surface area (Å²) in [5, 5.41) is 9.57. The molecule has 0 aliphatic rings. The Balaban J connectivity index is 1.74. The van der Waals surface area contributed by atoms with Gasteiger partial charge in [0, 0.05) is 17.6 Å². The average molecular weight is 431 g/mol. The van der Waals surface area contributed by atoms with Gasteiger partial charge in [-0.3, -0.25) is 14.4 Å². The largest absolute Gasteiger partial charge is 0.484 e. The molecule has 0 saturated heterocycles. The van der Waals surface area contributed by atoms with Crippen LogP contribution in [-0.2, 0) is 20.9 Å². The molecule has 8 nitrogen and oxygen atoms in total. The summed E-state index contributed by atoms with van der Waals surface area (Å²) < 4.78 is 5.38. The first kappa shape index (κ1) is 22.9. The van der Waals surface area contributed by atoms with Crippen molar-refractivity contribution in [1.29, 1.82) is 0 Å². The molecule has 0 bridgehead atoms. The fourth-order valence-electron chi connectivity index (χ4n) is 2.24. The predicted octanol–water partition coefficient (Wildman–Crippen LogP) is 2.01. The quantitative estimate of drug-likeness (QED) is 0.338. The third kappa shape index (κ3) is 8.32. The van der Waals surface area contributed by atoms with E-state index in [1.807, 2.05) is 13.8 Å². The van der Waals surface area contributed by atoms with E-state index in [2.05, 4.69) is 21.2 Å². The highest BCUT2D eigenvalue weighted by Gasteiger charge is 2.11. The lowest BCUT2D eigenvalue weighted by atomic mass is 10.2. The van der Waals surface area contributed by atoms with Gasteiger partial charge in [0.1, 0.15) is 5.75 Å². The van der Waals surface area contributed by atoms with Crippen molar-refractivity contribution >= 4 is 35.5 Å². The molecule has 158 valence electrons. The number of nitrogens with one attached hydrogen (secondary N) is 3. The number of hydrogen-bond donors (Lipinski definition) is 3. The van der Waals surface area contributed by atoms with Crippen LogP contribution >= 0.6 is 11.6 Å². The fourth-order valence-corrected chi connectivity index (χ4v) is 2.37. The van der Waals surface area contributed by atoms with Crippen LogP contribution in [0.4, 0.5) is 0 Å². The molecule has 2 rings (SSSR count). The zero-order chi connectivity index (χ0) is 21.9. The Morgan fingerprint density at radius 2 is 1.70 bits per heavy atom. The van der Waals surface area contributed by atoms with Crippen LogP contribution in [0.15, 0.2) is 53.6 Å². The number of halogens is 1. The van der Waals surface area contributed by atoms with Crippen molar-refractivity contribution in [3.8, 4) is 5.75 Å². The highest BCUT2D eigenvalue weighted by atomic mass is 35.5. The number of benzene rings is 2. The standard InChI is InChI=1S/C21H23ClN4O4/c1-14(2)25-19(27)13-30-18-9-5-16(6-10-18)12-24-26-21(29)20(28)23-11-15-3-7-17(22)8-4-15/h3-10,12,14H,11,13H2,1-2H3,(H,23,28)(H,25,27)(H,26,29)/b24-12+. The predicted molar refractivity (Wildman–Crippen MR) is 114 cm³/mol. The molecule has 0 saturated carbocycles. The van der Waals surface area contributed by atoms with Crippen molar-refractivity contribution in [3.05, 3.63) is 64.7 Å². The molecular weight excluding hydrogens is 408 g/mol. The van der Waals surface area contributed by atoms with Crippen molar-refractivity contribution < 1.29 is 19.1 Å². The molecule has 3 N–H and O–H groups in total. The van der Waals surface area contributed by atoms with Gasteiger partial charge in [0.25, 0.3) is 5.91 Å². The minimum Gasteiger partial charge on any atom is -0.484 e. The van der Waals surface area contributed by atoms with E-state index in [0.29, 0.717) is 16.3 Å². The van der Waals surface area contributed by atoms with Gasteiger partial charge < -0.3 is 15.4 Å². The molecule has 3 amide bonds. The number of ether oxygens (including phenoxy) is 1. The summed E-state index contributed by atoms with van der Waals surface area (Å²) in [5.74, 6) is -1.36. The Morgan fingerprint density at radius 1 is 1.03 bits per heavy atom. The van der Waals surface area contributed by atoms with E-state index in [-0.39, 0.29) is 25.1 Å². The van der Waals surface area contributed by atoms with E-state index in [4.69, 9.17) is 16.3 Å². The van der Waals surface area contributed by atoms with E-state index in [0.717, 1.165) is 5.56 Å². The van der Waals surface area contributed by atoms with Gasteiger partial charge in [-0.25, -0.2) is 5.43 Å². The summed E-state index contributed by atoms with van der Waals surface area (Å²) in [6.07, 6.45) is 1.39. The number of carbonyl (C=O) groups is 3. The lowest BCUT2D eigenvalue weighted by molar-refractivity contribution is -0.139. The molecule has 0 spiro atoms. The summed E-state index contributed by atoms with van der Waals surface area (Å²) >= 11 is 5.80. The van der Waals surface area contributed by atoms with Crippen LogP contribution in [0.5, 0.6) is 5.75 Å². The monoisotopic (exact) mass is 430 g/mol. The summed E-state index contributed by atoms with van der Waals surface area (Å²) in [4.78, 5) is 35.1. The van der Waals surface area contributed by atoms with Crippen LogP contribution < -0.4 is 20.8 Å². The van der Waals surface area contributed by atoms with Crippen LogP contribution in [0.1, 0.15) is 25.0 Å². The van der Waals surface area contributed by atoms with Crippen molar-refractivity contribution in [1.82, 2.24) is 16.1 Å². The van der Waals surface area contributed by atoms with Crippen molar-refractivity contribution in [2.24, 2.45) is 5.10 Å². The molecule has 9 heteroatoms. The topological polar surface area (TPSA) is 109 Å². The third-order valence-electron chi connectivity index (χ3n) is 3.65. The number of hydrogen-bond acceptors (Lipinski definition) is 5. The average Bonchev–Trinajstić information content (AvgIpc) is 2.72. The molecule has 0 heterocycles. The van der Waals surface area contributed by atoms with Gasteiger partial charge in [0.2, 0.25) is 0 Å². The molecule has 0 atom stereocenters. The number of rotatable bonds is 8. The Hall–Kier alpha value is -3.39. The molecule has 0 aliphatic heterocycles. The van der Waals surface area contributed by atoms with Gasteiger partial charge in [-0.05, 0) is 61.4 Å². The molecule has 0 fully saturated rings. The second kappa shape index (κ2) is 11.6. The lowest BCUT2D eigenvalue weighted by Crippen LogP contribution is -2.37. The summed E-state index contributed by atoms with van der Waals surface area (Å²) in [7, 11) is 0. The zero-order valence-corrected chi connectivity index (χ0v) is 17.4. The van der Waals surface area contributed by atoms with Crippen LogP contribution in [0.3, 0.4) is 0 Å². The van der Waals surface area contributed by atoms with E-state index in [1.54, 1.807) is 48.5 Å². The second-order valence-electron chi connectivity index (χ2n) is 6.59. The molecule has 0 unspecified atom stereocenters. The van der Waals surface area contributed by atoms with E-state index >= 15 is 0 Å². The number of hydrazone groups is 1. The highest BCUT2D eigenvalue weighted by Crippen LogP contribution is 2.11. The van der Waals surface area contributed by atoms with Crippen molar-refractivity contribution in [2.45, 2.75) is 26.4 Å². The van der Waals surface area contributed by atoms with Crippen molar-refractivity contribution in [2.75, 3.05) is 6.61 Å². The molecular formula is C21H23ClN4O4. The summed E-state index contributed by atoms with van der Waals surface area (Å²) in [6, 6.07) is 13.7. The maximum atomic E-state index is 11.8. The van der Waals surface area contributed by atoms with Gasteiger partial charge in [0.15, 0.2) is 6.61 Å². The Morgan fingerprint density at radius 3 is 2.33 bits per heavy atom. The maximum Gasteiger partial charge on any atom is 0.329 e. The van der Waals surface area contributed by atoms with E-state index < -0.39 is 11.8 Å². The van der Waals surface area contributed by atoms with Gasteiger partial charge in [-0.2, -0.15) is 5.10 Å². The Kier molecular flexibility index (Phi) is 8.83. The second-order valence-corrected chi connectivity index (χ2v) is 7.02. The van der Waals surface area contributed by atoms with Crippen molar-refractivity contribution in [3.63, 3.8) is 0 Å². The van der Waals surface area contributed by atoms with Gasteiger partial charge in [-0.15, -0.1) is 0 Å². The lowest BCUT2D eigenvalue weighted by Gasteiger charge is -2.09. The Labute approximate surface area is 179 Å². The maximum absolute atomic E-state index is 11.8. The minimum absolute atomic E-state index is 0.0504. The number of carbonyl (C=O) groups excluding carboxylic acids is 3. The number of amides is 3. The number of nitrogens with zero attached hydrogens (tertiary/aromatic N) is 1. The van der Waals surface area contributed by atoms with Gasteiger partial charge >= 0.3 is 11.8 Å². The van der Waals surface area contributed by atoms with E-state index in [1.165, 1.54) is 6.21 Å². The van der Waals surface area contributed by atoms with E-state index in [9.17, 15) is 14.4 Å². The third-order valence-corrected chi connectivity index (χ3v) is 3.90. The van der Waals surface area contributed by atoms with Gasteiger partial charge in [-0.1, -0.05) is 23.7 Å². The smallest absolute Gasteiger partial charge is 0.329 e. The summed E-state index contributed by atoms with van der Waals surface area (Å²) in [5.41, 5.74) is 3.65. The summed E-state index contributed by atoms with van der Waals surface area (Å²) in [6.45, 7) is 3.86.